The fraction of sp³-hybridized carbons (Fsp3) is 0.625. The fourth-order valence-corrected chi connectivity index (χ4v) is 11.1. The Morgan fingerprint density at radius 1 is 1.00 bits per heavy atom. The van der Waals surface area contributed by atoms with Gasteiger partial charge in [-0.25, -0.2) is 4.79 Å². The van der Waals surface area contributed by atoms with E-state index in [-0.39, 0.29) is 41.9 Å². The summed E-state index contributed by atoms with van der Waals surface area (Å²) in [7, 11) is 1.59. The number of nitrogens with zero attached hydrogens (tertiary/aromatic N) is 1. The Balaban J connectivity index is 1.15. The van der Waals surface area contributed by atoms with Crippen molar-refractivity contribution in [3.05, 3.63) is 82.7 Å². The second-order valence-corrected chi connectivity index (χ2v) is 15.4. The smallest absolute Gasteiger partial charge is 0.343 e. The first-order valence-corrected chi connectivity index (χ1v) is 18.2. The van der Waals surface area contributed by atoms with Crippen LogP contribution in [0.15, 0.2) is 77.2 Å². The van der Waals surface area contributed by atoms with Crippen LogP contribution in [0.4, 0.5) is 0 Å². The molecule has 7 aliphatic rings. The van der Waals surface area contributed by atoms with E-state index in [0.717, 1.165) is 37.5 Å². The van der Waals surface area contributed by atoms with Crippen molar-refractivity contribution in [3.8, 4) is 0 Å². The van der Waals surface area contributed by atoms with Crippen LogP contribution in [0.2, 0.25) is 0 Å². The summed E-state index contributed by atoms with van der Waals surface area (Å²) in [5, 5.41) is 12.6. The van der Waals surface area contributed by atoms with Crippen LogP contribution in [0.3, 0.4) is 0 Å². The normalized spacial score (nSPS) is 40.1. The van der Waals surface area contributed by atoms with E-state index in [4.69, 9.17) is 14.2 Å². The predicted molar refractivity (Wildman–Crippen MR) is 177 cm³/mol. The van der Waals surface area contributed by atoms with Crippen molar-refractivity contribution in [1.82, 2.24) is 4.90 Å². The van der Waals surface area contributed by atoms with Gasteiger partial charge in [0.25, 0.3) is 0 Å². The van der Waals surface area contributed by atoms with E-state index in [1.165, 1.54) is 50.5 Å². The van der Waals surface area contributed by atoms with E-state index in [0.29, 0.717) is 46.5 Å². The molecule has 0 unspecified atom stereocenters. The molecule has 1 aromatic rings. The molecule has 246 valence electrons. The minimum Gasteiger partial charge on any atom is -0.492 e. The lowest BCUT2D eigenvalue weighted by Crippen LogP contribution is -2.61. The number of allylic oxidation sites excluding steroid dienone is 2. The highest BCUT2D eigenvalue weighted by Crippen LogP contribution is 2.57. The molecule has 3 aliphatic carbocycles. The summed E-state index contributed by atoms with van der Waals surface area (Å²) in [6.07, 6.45) is 18.8. The number of hydrogen-bond donors (Lipinski definition) is 1. The van der Waals surface area contributed by atoms with Gasteiger partial charge < -0.3 is 19.3 Å². The largest absolute Gasteiger partial charge is 0.492 e. The Kier molecular flexibility index (Phi) is 8.17. The number of esters is 1. The number of hydrogen-bond acceptors (Lipinski definition) is 6. The minimum atomic E-state index is -0.385. The van der Waals surface area contributed by atoms with Crippen LogP contribution < -0.4 is 0 Å². The molecule has 1 aromatic carbocycles. The Morgan fingerprint density at radius 3 is 2.59 bits per heavy atom. The molecule has 8 rings (SSSR count). The molecule has 4 heterocycles. The highest BCUT2D eigenvalue weighted by Gasteiger charge is 2.57. The number of rotatable bonds is 5. The van der Waals surface area contributed by atoms with Gasteiger partial charge in [-0.15, -0.1) is 0 Å². The third-order valence-corrected chi connectivity index (χ3v) is 13.3. The third kappa shape index (κ3) is 5.01. The van der Waals surface area contributed by atoms with Gasteiger partial charge in [0.15, 0.2) is 11.5 Å². The summed E-state index contributed by atoms with van der Waals surface area (Å²) in [5.41, 5.74) is 1.93. The maximum atomic E-state index is 12.6. The Morgan fingerprint density at radius 2 is 1.80 bits per heavy atom. The molecule has 0 bridgehead atoms. The molecule has 6 nitrogen and oxygen atoms in total. The number of aliphatic hydroxyl groups excluding tert-OH is 1. The standard InChI is InChI=1S/C40H51NO5/c1-23-34-32-22-31-29(26-13-5-4-6-14-26)18-19-30(31)35(36(42)28-16-9-15-27(21-28)25-11-7-8-12-25)41(32)20-10-17-33(34)45-38(23)39-37(44-3)24(2)40(43)46-39/h4-6,9,13-14,16-17,23,25,27-32,34-36,42H,7-8,10-12,15,18-22H2,1-3H3/t23-,27-,28+,29-,30+,31+,32-,34+,35+,36+/m1/s1. The first-order valence-electron chi connectivity index (χ1n) is 18.2. The maximum absolute atomic E-state index is 12.6. The van der Waals surface area contributed by atoms with E-state index in [1.54, 1.807) is 14.0 Å². The second kappa shape index (κ2) is 12.3. The monoisotopic (exact) mass is 625 g/mol. The number of ether oxygens (including phenoxy) is 3. The van der Waals surface area contributed by atoms with E-state index < -0.39 is 0 Å². The zero-order valence-corrected chi connectivity index (χ0v) is 27.8. The predicted octanol–water partition coefficient (Wildman–Crippen LogP) is 7.63. The molecule has 10 atom stereocenters. The van der Waals surface area contributed by atoms with Gasteiger partial charge in [-0.05, 0) is 86.7 Å². The van der Waals surface area contributed by atoms with Gasteiger partial charge in [0, 0.05) is 36.4 Å². The van der Waals surface area contributed by atoms with Crippen molar-refractivity contribution < 1.29 is 24.1 Å². The number of aliphatic hydroxyl groups is 1. The summed E-state index contributed by atoms with van der Waals surface area (Å²) < 4.78 is 18.1. The molecule has 0 radical (unpaired) electrons. The number of cyclic esters (lactones) is 1. The van der Waals surface area contributed by atoms with E-state index in [9.17, 15) is 9.90 Å². The van der Waals surface area contributed by atoms with Crippen LogP contribution in [0, 0.1) is 41.4 Å². The van der Waals surface area contributed by atoms with Crippen LogP contribution >= 0.6 is 0 Å². The topological polar surface area (TPSA) is 68.2 Å². The lowest BCUT2D eigenvalue weighted by Gasteiger charge is -2.53. The molecule has 4 aliphatic heterocycles. The van der Waals surface area contributed by atoms with Crippen LogP contribution in [-0.2, 0) is 19.0 Å². The molecule has 6 heteroatoms. The number of benzene rings is 1. The molecule has 0 aromatic heterocycles. The third-order valence-electron chi connectivity index (χ3n) is 13.3. The second-order valence-electron chi connectivity index (χ2n) is 15.4. The van der Waals surface area contributed by atoms with Gasteiger partial charge in [0.05, 0.1) is 18.8 Å². The zero-order chi connectivity index (χ0) is 31.5. The number of piperidine rings is 1. The van der Waals surface area contributed by atoms with Crippen LogP contribution in [0.1, 0.15) is 89.5 Å². The van der Waals surface area contributed by atoms with Gasteiger partial charge in [-0.3, -0.25) is 4.90 Å². The van der Waals surface area contributed by atoms with Crippen LogP contribution in [0.5, 0.6) is 0 Å². The molecule has 46 heavy (non-hydrogen) atoms. The van der Waals surface area contributed by atoms with Gasteiger partial charge in [-0.1, -0.05) is 75.1 Å². The van der Waals surface area contributed by atoms with Crippen molar-refractivity contribution in [2.45, 2.75) is 102 Å². The quantitative estimate of drug-likeness (QED) is 0.268. The lowest BCUT2D eigenvalue weighted by atomic mass is 9.66. The molecule has 2 saturated carbocycles. The highest BCUT2D eigenvalue weighted by atomic mass is 16.6. The van der Waals surface area contributed by atoms with Crippen molar-refractivity contribution in [1.29, 1.82) is 0 Å². The minimum absolute atomic E-state index is 0.0166. The summed E-state index contributed by atoms with van der Waals surface area (Å²) in [5.74, 6) is 5.63. The Hall–Kier alpha value is -2.83. The first-order chi connectivity index (χ1) is 22.4. The molecule has 0 amide bonds. The summed E-state index contributed by atoms with van der Waals surface area (Å²) in [6, 6.07) is 11.5. The lowest BCUT2D eigenvalue weighted by molar-refractivity contribution is -0.133. The molecule has 0 spiro atoms. The maximum Gasteiger partial charge on any atom is 0.343 e. The molecular formula is C40H51NO5. The highest BCUT2D eigenvalue weighted by molar-refractivity contribution is 5.93. The summed E-state index contributed by atoms with van der Waals surface area (Å²) in [6.45, 7) is 4.91. The van der Waals surface area contributed by atoms with E-state index in [2.05, 4.69) is 60.4 Å². The summed E-state index contributed by atoms with van der Waals surface area (Å²) >= 11 is 0. The number of carbonyl (C=O) groups excluding carboxylic acids is 1. The SMILES string of the molecule is COC1=C(C)C(=O)OC1=C1OC2=CCCN3[C@H]([C@@H](O)[C@H]4C=CC[C@@H](C5CCCC5)C4)[C@H]4CC[C@H](c5ccccc5)[C@@H]4C[C@@H]3[C@@H]2[C@H]1C. The van der Waals surface area contributed by atoms with Crippen LogP contribution in [0.25, 0.3) is 0 Å². The van der Waals surface area contributed by atoms with Gasteiger partial charge in [0.1, 0.15) is 5.76 Å². The molecule has 2 saturated heterocycles. The summed E-state index contributed by atoms with van der Waals surface area (Å²) in [4.78, 5) is 15.3. The van der Waals surface area contributed by atoms with Crippen LogP contribution in [-0.4, -0.2) is 47.8 Å². The van der Waals surface area contributed by atoms with Crippen molar-refractivity contribution in [2.24, 2.45) is 41.4 Å². The zero-order valence-electron chi connectivity index (χ0n) is 27.8. The number of carbonyl (C=O) groups is 1. The molecular weight excluding hydrogens is 574 g/mol. The van der Waals surface area contributed by atoms with Gasteiger partial charge in [0.2, 0.25) is 5.76 Å². The van der Waals surface area contributed by atoms with Gasteiger partial charge >= 0.3 is 5.97 Å². The Labute approximate surface area is 274 Å². The Bertz CT molecular complexity index is 1450. The van der Waals surface area contributed by atoms with E-state index >= 15 is 0 Å². The average molecular weight is 626 g/mol. The van der Waals surface area contributed by atoms with Gasteiger partial charge in [-0.2, -0.15) is 0 Å². The number of fused-ring (bicyclic) bond motifs is 4. The van der Waals surface area contributed by atoms with Crippen molar-refractivity contribution >= 4 is 5.97 Å². The fourth-order valence-electron chi connectivity index (χ4n) is 11.1. The first kappa shape index (κ1) is 30.5. The average Bonchev–Trinajstić information content (AvgIpc) is 3.86. The molecule has 1 N–H and O–H groups in total. The van der Waals surface area contributed by atoms with Crippen molar-refractivity contribution in [3.63, 3.8) is 0 Å². The number of methoxy groups -OCH3 is 1. The van der Waals surface area contributed by atoms with Crippen molar-refractivity contribution in [2.75, 3.05) is 13.7 Å². The molecule has 4 fully saturated rings. The van der Waals surface area contributed by atoms with E-state index in [1.807, 2.05) is 0 Å².